The highest BCUT2D eigenvalue weighted by Crippen LogP contribution is 2.11. The van der Waals surface area contributed by atoms with Crippen molar-refractivity contribution in [3.8, 4) is 0 Å². The zero-order valence-electron chi connectivity index (χ0n) is 8.43. The Labute approximate surface area is 88.0 Å². The Morgan fingerprint density at radius 1 is 1.71 bits per heavy atom. The minimum atomic E-state index is -0.745. The third-order valence-electron chi connectivity index (χ3n) is 2.22. The van der Waals surface area contributed by atoms with E-state index in [9.17, 15) is 4.79 Å². The highest BCUT2D eigenvalue weighted by Gasteiger charge is 2.20. The van der Waals surface area contributed by atoms with Crippen LogP contribution in [0.4, 0.5) is 0 Å². The molecule has 1 aromatic rings. The first-order valence-corrected chi connectivity index (χ1v) is 5.53. The number of likely N-dealkylation sites (N-methyl/N-ethyl adjacent to an activating group) is 1. The molecular formula is C10H15NO2S. The molecule has 0 bridgehead atoms. The van der Waals surface area contributed by atoms with Gasteiger partial charge in [0.2, 0.25) is 0 Å². The van der Waals surface area contributed by atoms with Crippen LogP contribution in [0.15, 0.2) is 16.8 Å². The Kier molecular flexibility index (Phi) is 4.10. The number of carboxylic acids is 1. The molecule has 78 valence electrons. The predicted octanol–water partition coefficient (Wildman–Crippen LogP) is 2.04. The average Bonchev–Trinajstić information content (AvgIpc) is 2.57. The van der Waals surface area contributed by atoms with Crippen molar-refractivity contribution in [1.29, 1.82) is 0 Å². The largest absolute Gasteiger partial charge is 0.480 e. The molecule has 1 rings (SSSR count). The van der Waals surface area contributed by atoms with Crippen molar-refractivity contribution >= 4 is 17.3 Å². The molecule has 1 atom stereocenters. The molecule has 1 N–H and O–H groups in total. The van der Waals surface area contributed by atoms with Gasteiger partial charge in [-0.3, -0.25) is 9.69 Å². The average molecular weight is 213 g/mol. The predicted molar refractivity (Wildman–Crippen MR) is 57.5 cm³/mol. The molecule has 1 unspecified atom stereocenters. The van der Waals surface area contributed by atoms with Crippen molar-refractivity contribution in [1.82, 2.24) is 4.90 Å². The van der Waals surface area contributed by atoms with E-state index in [2.05, 4.69) is 0 Å². The molecule has 14 heavy (non-hydrogen) atoms. The smallest absolute Gasteiger partial charge is 0.320 e. The first kappa shape index (κ1) is 11.2. The monoisotopic (exact) mass is 213 g/mol. The van der Waals surface area contributed by atoms with Crippen LogP contribution in [0.1, 0.15) is 18.9 Å². The summed E-state index contributed by atoms with van der Waals surface area (Å²) >= 11 is 1.64. The second kappa shape index (κ2) is 5.12. The quantitative estimate of drug-likeness (QED) is 0.813. The maximum absolute atomic E-state index is 10.9. The molecule has 0 spiro atoms. The number of hydrogen-bond donors (Lipinski definition) is 1. The van der Waals surface area contributed by atoms with Gasteiger partial charge in [-0.25, -0.2) is 0 Å². The molecule has 0 aliphatic heterocycles. The SMILES string of the molecule is CCC(C(=O)O)N(C)Cc1ccsc1. The van der Waals surface area contributed by atoms with Crippen molar-refractivity contribution in [2.45, 2.75) is 25.9 Å². The molecule has 0 saturated carbocycles. The Hall–Kier alpha value is -0.870. The van der Waals surface area contributed by atoms with E-state index >= 15 is 0 Å². The Morgan fingerprint density at radius 3 is 2.86 bits per heavy atom. The summed E-state index contributed by atoms with van der Waals surface area (Å²) in [5.74, 6) is -0.745. The second-order valence-corrected chi connectivity index (χ2v) is 4.09. The fraction of sp³-hybridized carbons (Fsp3) is 0.500. The molecule has 0 fully saturated rings. The Morgan fingerprint density at radius 2 is 2.43 bits per heavy atom. The van der Waals surface area contributed by atoms with Gasteiger partial charge in [-0.2, -0.15) is 11.3 Å². The lowest BCUT2D eigenvalue weighted by atomic mass is 10.2. The normalized spacial score (nSPS) is 13.1. The molecular weight excluding hydrogens is 198 g/mol. The van der Waals surface area contributed by atoms with Crippen molar-refractivity contribution in [2.24, 2.45) is 0 Å². The van der Waals surface area contributed by atoms with Gasteiger partial charge in [-0.1, -0.05) is 6.92 Å². The number of rotatable bonds is 5. The van der Waals surface area contributed by atoms with Crippen LogP contribution < -0.4 is 0 Å². The van der Waals surface area contributed by atoms with Gasteiger partial charge in [0.05, 0.1) is 0 Å². The molecule has 3 nitrogen and oxygen atoms in total. The van der Waals surface area contributed by atoms with Crippen LogP contribution in [0.25, 0.3) is 0 Å². The van der Waals surface area contributed by atoms with Crippen LogP contribution in [0.3, 0.4) is 0 Å². The number of aliphatic carboxylic acids is 1. The third kappa shape index (κ3) is 2.82. The van der Waals surface area contributed by atoms with Crippen LogP contribution >= 0.6 is 11.3 Å². The van der Waals surface area contributed by atoms with Gasteiger partial charge >= 0.3 is 5.97 Å². The van der Waals surface area contributed by atoms with E-state index in [0.717, 1.165) is 0 Å². The molecule has 0 saturated heterocycles. The standard InChI is InChI=1S/C10H15NO2S/c1-3-9(10(12)13)11(2)6-8-4-5-14-7-8/h4-5,7,9H,3,6H2,1-2H3,(H,12,13). The van der Waals surface area contributed by atoms with Crippen LogP contribution in [-0.2, 0) is 11.3 Å². The van der Waals surface area contributed by atoms with E-state index in [4.69, 9.17) is 5.11 Å². The van der Waals surface area contributed by atoms with Crippen LogP contribution in [0.5, 0.6) is 0 Å². The van der Waals surface area contributed by atoms with E-state index in [1.165, 1.54) is 5.56 Å². The number of hydrogen-bond acceptors (Lipinski definition) is 3. The highest BCUT2D eigenvalue weighted by atomic mass is 32.1. The molecule has 4 heteroatoms. The molecule has 1 heterocycles. The number of thiophene rings is 1. The number of carboxylic acid groups (broad SMARTS) is 1. The van der Waals surface area contributed by atoms with Gasteiger partial charge < -0.3 is 5.11 Å². The third-order valence-corrected chi connectivity index (χ3v) is 2.95. The van der Waals surface area contributed by atoms with Gasteiger partial charge in [0, 0.05) is 6.54 Å². The van der Waals surface area contributed by atoms with E-state index in [-0.39, 0.29) is 6.04 Å². The molecule has 0 amide bonds. The van der Waals surface area contributed by atoms with Crippen molar-refractivity contribution < 1.29 is 9.90 Å². The topological polar surface area (TPSA) is 40.5 Å². The fourth-order valence-electron chi connectivity index (χ4n) is 1.46. The summed E-state index contributed by atoms with van der Waals surface area (Å²) in [6.45, 7) is 2.59. The minimum Gasteiger partial charge on any atom is -0.480 e. The highest BCUT2D eigenvalue weighted by molar-refractivity contribution is 7.07. The summed E-state index contributed by atoms with van der Waals surface area (Å²) in [5, 5.41) is 13.0. The summed E-state index contributed by atoms with van der Waals surface area (Å²) in [4.78, 5) is 12.7. The van der Waals surface area contributed by atoms with Crippen LogP contribution in [-0.4, -0.2) is 29.1 Å². The first-order chi connectivity index (χ1) is 6.65. The first-order valence-electron chi connectivity index (χ1n) is 4.59. The van der Waals surface area contributed by atoms with E-state index in [0.29, 0.717) is 13.0 Å². The summed E-state index contributed by atoms with van der Waals surface area (Å²) in [5.41, 5.74) is 1.18. The molecule has 0 aliphatic carbocycles. The Balaban J connectivity index is 2.56. The maximum atomic E-state index is 10.9. The van der Waals surface area contributed by atoms with Gasteiger partial charge in [0.15, 0.2) is 0 Å². The Bertz CT molecular complexity index is 284. The van der Waals surface area contributed by atoms with Gasteiger partial charge in [0.25, 0.3) is 0 Å². The summed E-state index contributed by atoms with van der Waals surface area (Å²) in [6.07, 6.45) is 0.635. The second-order valence-electron chi connectivity index (χ2n) is 3.31. The van der Waals surface area contributed by atoms with Gasteiger partial charge in [-0.05, 0) is 35.9 Å². The van der Waals surface area contributed by atoms with E-state index in [1.54, 1.807) is 11.3 Å². The molecule has 0 radical (unpaired) electrons. The van der Waals surface area contributed by atoms with E-state index < -0.39 is 5.97 Å². The van der Waals surface area contributed by atoms with Gasteiger partial charge in [0.1, 0.15) is 6.04 Å². The number of nitrogens with zero attached hydrogens (tertiary/aromatic N) is 1. The summed E-state index contributed by atoms with van der Waals surface area (Å²) in [7, 11) is 1.85. The summed E-state index contributed by atoms with van der Waals surface area (Å²) in [6, 6.07) is 1.64. The fourth-order valence-corrected chi connectivity index (χ4v) is 2.12. The van der Waals surface area contributed by atoms with Crippen molar-refractivity contribution in [2.75, 3.05) is 7.05 Å². The molecule has 0 aliphatic rings. The van der Waals surface area contributed by atoms with Crippen LogP contribution in [0, 0.1) is 0 Å². The lowest BCUT2D eigenvalue weighted by Gasteiger charge is -2.22. The van der Waals surface area contributed by atoms with Crippen LogP contribution in [0.2, 0.25) is 0 Å². The zero-order chi connectivity index (χ0) is 10.6. The number of carbonyl (C=O) groups is 1. The van der Waals surface area contributed by atoms with Crippen molar-refractivity contribution in [3.05, 3.63) is 22.4 Å². The molecule has 1 aromatic heterocycles. The van der Waals surface area contributed by atoms with E-state index in [1.807, 2.05) is 35.7 Å². The van der Waals surface area contributed by atoms with Gasteiger partial charge in [-0.15, -0.1) is 0 Å². The minimum absolute atomic E-state index is 0.380. The zero-order valence-corrected chi connectivity index (χ0v) is 9.25. The van der Waals surface area contributed by atoms with Crippen molar-refractivity contribution in [3.63, 3.8) is 0 Å². The lowest BCUT2D eigenvalue weighted by molar-refractivity contribution is -0.143. The lowest BCUT2D eigenvalue weighted by Crippen LogP contribution is -2.37. The summed E-state index contributed by atoms with van der Waals surface area (Å²) < 4.78 is 0. The maximum Gasteiger partial charge on any atom is 0.320 e. The molecule has 0 aromatic carbocycles.